The lowest BCUT2D eigenvalue weighted by atomic mass is 10.1. The van der Waals surface area contributed by atoms with E-state index < -0.39 is 24.4 Å². The van der Waals surface area contributed by atoms with E-state index in [9.17, 15) is 19.2 Å². The van der Waals surface area contributed by atoms with E-state index in [1.165, 1.54) is 13.2 Å². The van der Waals surface area contributed by atoms with Crippen molar-refractivity contribution in [2.75, 3.05) is 13.7 Å². The van der Waals surface area contributed by atoms with Crippen LogP contribution in [0.2, 0.25) is 0 Å². The Morgan fingerprint density at radius 3 is 2.29 bits per heavy atom. The number of amides is 2. The SMILES string of the molecule is COc1ccc(CN2C(=O)c3ccccc3C2=O)cc1C(=O)OCC(=O)c1ccc[nH]1. The minimum atomic E-state index is -0.749. The second kappa shape index (κ2) is 8.27. The van der Waals surface area contributed by atoms with Gasteiger partial charge in [-0.05, 0) is 42.0 Å². The fourth-order valence-electron chi connectivity index (χ4n) is 3.37. The van der Waals surface area contributed by atoms with Crippen LogP contribution in [0.15, 0.2) is 60.8 Å². The van der Waals surface area contributed by atoms with Crippen LogP contribution in [0.3, 0.4) is 0 Å². The van der Waals surface area contributed by atoms with Gasteiger partial charge in [0.05, 0.1) is 30.5 Å². The molecule has 2 aromatic carbocycles. The van der Waals surface area contributed by atoms with E-state index in [1.807, 2.05) is 0 Å². The first-order chi connectivity index (χ1) is 15.0. The predicted octanol–water partition coefficient (Wildman–Crippen LogP) is 2.86. The molecule has 0 saturated carbocycles. The smallest absolute Gasteiger partial charge is 0.342 e. The van der Waals surface area contributed by atoms with Crippen molar-refractivity contribution < 1.29 is 28.7 Å². The number of ether oxygens (including phenoxy) is 2. The summed E-state index contributed by atoms with van der Waals surface area (Å²) < 4.78 is 10.4. The number of ketones is 1. The number of esters is 1. The molecule has 3 aromatic rings. The Morgan fingerprint density at radius 1 is 0.968 bits per heavy atom. The topological polar surface area (TPSA) is 106 Å². The van der Waals surface area contributed by atoms with Crippen molar-refractivity contribution in [1.82, 2.24) is 9.88 Å². The molecule has 8 nitrogen and oxygen atoms in total. The molecule has 0 saturated heterocycles. The summed E-state index contributed by atoms with van der Waals surface area (Å²) >= 11 is 0. The first-order valence-electron chi connectivity index (χ1n) is 9.45. The third-order valence-corrected chi connectivity index (χ3v) is 4.94. The Hall–Kier alpha value is -4.20. The van der Waals surface area contributed by atoms with Crippen LogP contribution >= 0.6 is 0 Å². The lowest BCUT2D eigenvalue weighted by Crippen LogP contribution is -2.29. The zero-order valence-electron chi connectivity index (χ0n) is 16.6. The Kier molecular flexibility index (Phi) is 5.36. The quantitative estimate of drug-likeness (QED) is 0.359. The maximum Gasteiger partial charge on any atom is 0.342 e. The van der Waals surface area contributed by atoms with Crippen molar-refractivity contribution in [1.29, 1.82) is 0 Å². The zero-order valence-corrected chi connectivity index (χ0v) is 16.6. The van der Waals surface area contributed by atoms with Crippen molar-refractivity contribution in [3.05, 3.63) is 88.7 Å². The van der Waals surface area contributed by atoms with Crippen LogP contribution < -0.4 is 4.74 Å². The molecule has 1 aliphatic rings. The molecular weight excluding hydrogens is 400 g/mol. The molecule has 4 rings (SSSR count). The van der Waals surface area contributed by atoms with Gasteiger partial charge in [0.1, 0.15) is 11.3 Å². The van der Waals surface area contributed by atoms with E-state index in [-0.39, 0.29) is 23.6 Å². The number of hydrogen-bond acceptors (Lipinski definition) is 6. The number of fused-ring (bicyclic) bond motifs is 1. The average Bonchev–Trinajstić information content (AvgIpc) is 3.41. The Balaban J connectivity index is 1.51. The minimum absolute atomic E-state index is 0.0158. The first kappa shape index (κ1) is 20.1. The molecule has 156 valence electrons. The van der Waals surface area contributed by atoms with Gasteiger partial charge in [0.2, 0.25) is 5.78 Å². The molecule has 1 aliphatic heterocycles. The highest BCUT2D eigenvalue weighted by atomic mass is 16.5. The number of Topliss-reactive ketones (excluding diaryl/α,β-unsaturated/α-hetero) is 1. The number of rotatable bonds is 7. The van der Waals surface area contributed by atoms with Crippen LogP contribution in [0, 0.1) is 0 Å². The molecule has 1 N–H and O–H groups in total. The van der Waals surface area contributed by atoms with E-state index in [0.717, 1.165) is 4.90 Å². The van der Waals surface area contributed by atoms with Gasteiger partial charge < -0.3 is 14.5 Å². The number of hydrogen-bond donors (Lipinski definition) is 1. The van der Waals surface area contributed by atoms with E-state index in [0.29, 0.717) is 22.4 Å². The largest absolute Gasteiger partial charge is 0.496 e. The van der Waals surface area contributed by atoms with Crippen LogP contribution in [0.5, 0.6) is 5.75 Å². The summed E-state index contributed by atoms with van der Waals surface area (Å²) in [6.07, 6.45) is 1.60. The average molecular weight is 418 g/mol. The molecule has 0 aliphatic carbocycles. The lowest BCUT2D eigenvalue weighted by Gasteiger charge is -2.15. The Morgan fingerprint density at radius 2 is 1.68 bits per heavy atom. The van der Waals surface area contributed by atoms with Crippen LogP contribution in [-0.4, -0.2) is 47.2 Å². The summed E-state index contributed by atoms with van der Waals surface area (Å²) in [5.74, 6) is -1.65. The van der Waals surface area contributed by atoms with Crippen molar-refractivity contribution in [3.63, 3.8) is 0 Å². The normalized spacial score (nSPS) is 12.6. The van der Waals surface area contributed by atoms with Crippen LogP contribution in [0.4, 0.5) is 0 Å². The Labute approximate surface area is 177 Å². The molecule has 2 amide bonds. The molecule has 0 fully saturated rings. The molecule has 0 bridgehead atoms. The van der Waals surface area contributed by atoms with Crippen molar-refractivity contribution >= 4 is 23.6 Å². The van der Waals surface area contributed by atoms with Crippen molar-refractivity contribution in [3.8, 4) is 5.75 Å². The summed E-state index contributed by atoms with van der Waals surface area (Å²) in [6.45, 7) is -0.455. The molecular formula is C23H18N2O6. The number of carbonyl (C=O) groups is 4. The summed E-state index contributed by atoms with van der Waals surface area (Å²) in [5, 5.41) is 0. The van der Waals surface area contributed by atoms with Gasteiger partial charge >= 0.3 is 5.97 Å². The molecule has 2 heterocycles. The number of methoxy groups -OCH3 is 1. The third kappa shape index (κ3) is 3.83. The van der Waals surface area contributed by atoms with E-state index in [1.54, 1.807) is 54.7 Å². The number of nitrogens with zero attached hydrogens (tertiary/aromatic N) is 1. The van der Waals surface area contributed by atoms with Gasteiger partial charge in [-0.25, -0.2) is 4.79 Å². The minimum Gasteiger partial charge on any atom is -0.496 e. The van der Waals surface area contributed by atoms with Crippen LogP contribution in [-0.2, 0) is 11.3 Å². The van der Waals surface area contributed by atoms with Crippen molar-refractivity contribution in [2.24, 2.45) is 0 Å². The van der Waals surface area contributed by atoms with Gasteiger partial charge in [-0.2, -0.15) is 0 Å². The first-order valence-corrected chi connectivity index (χ1v) is 9.45. The van der Waals surface area contributed by atoms with Gasteiger partial charge in [-0.1, -0.05) is 18.2 Å². The maximum atomic E-state index is 12.6. The molecule has 0 spiro atoms. The fourth-order valence-corrected chi connectivity index (χ4v) is 3.37. The number of aromatic nitrogens is 1. The highest BCUT2D eigenvalue weighted by molar-refractivity contribution is 6.21. The van der Waals surface area contributed by atoms with Gasteiger partial charge in [0.25, 0.3) is 11.8 Å². The molecule has 0 atom stereocenters. The number of benzene rings is 2. The van der Waals surface area contributed by atoms with Gasteiger partial charge in [-0.15, -0.1) is 0 Å². The maximum absolute atomic E-state index is 12.6. The third-order valence-electron chi connectivity index (χ3n) is 4.94. The van der Waals surface area contributed by atoms with E-state index >= 15 is 0 Å². The Bertz CT molecular complexity index is 1150. The predicted molar refractivity (Wildman–Crippen MR) is 109 cm³/mol. The molecule has 1 aromatic heterocycles. The van der Waals surface area contributed by atoms with E-state index in [4.69, 9.17) is 9.47 Å². The lowest BCUT2D eigenvalue weighted by molar-refractivity contribution is 0.0470. The number of H-pyrrole nitrogens is 1. The highest BCUT2D eigenvalue weighted by Crippen LogP contribution is 2.26. The van der Waals surface area contributed by atoms with Crippen LogP contribution in [0.1, 0.15) is 47.1 Å². The second-order valence-electron chi connectivity index (χ2n) is 6.86. The van der Waals surface area contributed by atoms with Crippen molar-refractivity contribution in [2.45, 2.75) is 6.54 Å². The second-order valence-corrected chi connectivity index (χ2v) is 6.86. The summed E-state index contributed by atoms with van der Waals surface area (Å²) in [7, 11) is 1.40. The summed E-state index contributed by atoms with van der Waals surface area (Å²) in [6, 6.07) is 14.6. The number of imide groups is 1. The monoisotopic (exact) mass is 418 g/mol. The number of nitrogens with one attached hydrogen (secondary N) is 1. The molecule has 31 heavy (non-hydrogen) atoms. The van der Waals surface area contributed by atoms with Gasteiger partial charge in [-0.3, -0.25) is 19.3 Å². The zero-order chi connectivity index (χ0) is 22.0. The van der Waals surface area contributed by atoms with Crippen LogP contribution in [0.25, 0.3) is 0 Å². The molecule has 8 heteroatoms. The number of aromatic amines is 1. The van der Waals surface area contributed by atoms with E-state index in [2.05, 4.69) is 4.98 Å². The molecule has 0 radical (unpaired) electrons. The summed E-state index contributed by atoms with van der Waals surface area (Å²) in [5.41, 5.74) is 1.67. The van der Waals surface area contributed by atoms with Gasteiger partial charge in [0, 0.05) is 6.20 Å². The standard InChI is InChI=1S/C23H18N2O6/c1-30-20-9-8-14(12-25-21(27)15-5-2-3-6-16(15)22(25)28)11-17(20)23(29)31-13-19(26)18-7-4-10-24-18/h2-11,24H,12-13H2,1H3. The fraction of sp³-hybridized carbons (Fsp3) is 0.130. The summed E-state index contributed by atoms with van der Waals surface area (Å²) in [4.78, 5) is 53.7. The number of carbonyl (C=O) groups excluding carboxylic acids is 4. The van der Waals surface area contributed by atoms with Gasteiger partial charge in [0.15, 0.2) is 6.61 Å². The molecule has 0 unspecified atom stereocenters. The highest BCUT2D eigenvalue weighted by Gasteiger charge is 2.35.